The molecule has 2 aromatic rings. The number of benzene rings is 1. The molecule has 0 fully saturated rings. The van der Waals surface area contributed by atoms with Crippen LogP contribution < -0.4 is 5.76 Å². The Kier molecular flexibility index (Phi) is 2.15. The molecule has 3 nitrogen and oxygen atoms in total. The summed E-state index contributed by atoms with van der Waals surface area (Å²) in [5, 5.41) is 0. The van der Waals surface area contributed by atoms with Crippen molar-refractivity contribution in [3.05, 3.63) is 33.8 Å². The van der Waals surface area contributed by atoms with Crippen molar-refractivity contribution in [2.45, 2.75) is 26.7 Å². The van der Waals surface area contributed by atoms with E-state index >= 15 is 0 Å². The number of nitrogens with one attached hydrogen (secondary N) is 1. The normalized spacial score (nSPS) is 11.0. The van der Waals surface area contributed by atoms with E-state index in [0.717, 1.165) is 18.4 Å². The predicted molar refractivity (Wildman–Crippen MR) is 55.6 cm³/mol. The summed E-state index contributed by atoms with van der Waals surface area (Å²) in [6.45, 7) is 4.21. The Morgan fingerprint density at radius 3 is 2.50 bits per heavy atom. The van der Waals surface area contributed by atoms with Gasteiger partial charge in [-0.3, -0.25) is 4.98 Å². The van der Waals surface area contributed by atoms with E-state index < -0.39 is 0 Å². The second kappa shape index (κ2) is 3.33. The quantitative estimate of drug-likeness (QED) is 0.791. The zero-order chi connectivity index (χ0) is 10.1. The average molecular weight is 191 g/mol. The number of fused-ring (bicyclic) bond motifs is 1. The molecule has 0 bridgehead atoms. The Morgan fingerprint density at radius 2 is 1.86 bits per heavy atom. The number of hydrogen-bond donors (Lipinski definition) is 1. The van der Waals surface area contributed by atoms with Crippen LogP contribution in [0, 0.1) is 0 Å². The van der Waals surface area contributed by atoms with Gasteiger partial charge in [-0.25, -0.2) is 4.79 Å². The molecule has 0 atom stereocenters. The molecule has 1 N–H and O–H groups in total. The monoisotopic (exact) mass is 191 g/mol. The van der Waals surface area contributed by atoms with Crippen molar-refractivity contribution in [2.24, 2.45) is 0 Å². The van der Waals surface area contributed by atoms with Crippen LogP contribution in [-0.2, 0) is 12.8 Å². The molecule has 1 aromatic carbocycles. The number of hydrogen-bond acceptors (Lipinski definition) is 2. The van der Waals surface area contributed by atoms with Gasteiger partial charge in [-0.15, -0.1) is 0 Å². The highest BCUT2D eigenvalue weighted by molar-refractivity contribution is 5.74. The first-order valence-electron chi connectivity index (χ1n) is 4.89. The van der Waals surface area contributed by atoms with Crippen LogP contribution in [0.4, 0.5) is 0 Å². The summed E-state index contributed by atoms with van der Waals surface area (Å²) in [7, 11) is 0. The summed E-state index contributed by atoms with van der Waals surface area (Å²) >= 11 is 0. The molecule has 0 radical (unpaired) electrons. The van der Waals surface area contributed by atoms with Crippen LogP contribution in [0.2, 0.25) is 0 Å². The van der Waals surface area contributed by atoms with Gasteiger partial charge in [0.2, 0.25) is 0 Å². The molecule has 14 heavy (non-hydrogen) atoms. The smallest absolute Gasteiger partial charge is 0.408 e. The molecule has 74 valence electrons. The number of aromatic nitrogens is 1. The van der Waals surface area contributed by atoms with E-state index in [-0.39, 0.29) is 5.76 Å². The number of H-pyrrole nitrogens is 1. The molecule has 2 rings (SSSR count). The van der Waals surface area contributed by atoms with Gasteiger partial charge in [0, 0.05) is 0 Å². The van der Waals surface area contributed by atoms with Crippen LogP contribution in [0.25, 0.3) is 11.1 Å². The summed E-state index contributed by atoms with van der Waals surface area (Å²) in [5.41, 5.74) is 3.98. The molecule has 1 heterocycles. The number of aryl methyl sites for hydroxylation is 2. The fourth-order valence-corrected chi connectivity index (χ4v) is 1.74. The standard InChI is InChI=1S/C11H13NO2/c1-3-7-5-9-10(6-8(7)4-2)14-11(13)12-9/h5-6H,3-4H2,1-2H3,(H,12,13). The lowest BCUT2D eigenvalue weighted by molar-refractivity contribution is 0.555. The van der Waals surface area contributed by atoms with Crippen molar-refractivity contribution in [1.29, 1.82) is 0 Å². The van der Waals surface area contributed by atoms with Crippen molar-refractivity contribution in [1.82, 2.24) is 4.98 Å². The second-order valence-corrected chi connectivity index (χ2v) is 3.34. The number of oxazole rings is 1. The van der Waals surface area contributed by atoms with Gasteiger partial charge in [-0.05, 0) is 36.1 Å². The molecule has 0 saturated carbocycles. The Labute approximate surface area is 81.7 Å². The third-order valence-electron chi connectivity index (χ3n) is 2.50. The average Bonchev–Trinajstić information content (AvgIpc) is 2.54. The molecule has 0 aliphatic heterocycles. The molecular formula is C11H13NO2. The maximum atomic E-state index is 11.0. The van der Waals surface area contributed by atoms with E-state index in [9.17, 15) is 4.79 Å². The van der Waals surface area contributed by atoms with Gasteiger partial charge in [-0.1, -0.05) is 13.8 Å². The molecule has 0 aliphatic carbocycles. The first-order chi connectivity index (χ1) is 6.74. The highest BCUT2D eigenvalue weighted by Crippen LogP contribution is 2.18. The molecule has 0 aliphatic rings. The molecule has 1 aromatic heterocycles. The van der Waals surface area contributed by atoms with Crippen molar-refractivity contribution < 1.29 is 4.42 Å². The van der Waals surface area contributed by atoms with Crippen LogP contribution in [0.5, 0.6) is 0 Å². The third-order valence-corrected chi connectivity index (χ3v) is 2.50. The van der Waals surface area contributed by atoms with E-state index in [1.807, 2.05) is 12.1 Å². The summed E-state index contributed by atoms with van der Waals surface area (Å²) in [6.07, 6.45) is 1.94. The fraction of sp³-hybridized carbons (Fsp3) is 0.364. The minimum atomic E-state index is -0.379. The zero-order valence-electron chi connectivity index (χ0n) is 8.39. The molecule has 0 saturated heterocycles. The topological polar surface area (TPSA) is 46.0 Å². The van der Waals surface area contributed by atoms with Crippen LogP contribution in [-0.4, -0.2) is 4.98 Å². The molecule has 3 heteroatoms. The maximum Gasteiger partial charge on any atom is 0.417 e. The summed E-state index contributed by atoms with van der Waals surface area (Å²) in [5.74, 6) is -0.379. The Hall–Kier alpha value is -1.51. The summed E-state index contributed by atoms with van der Waals surface area (Å²) in [4.78, 5) is 13.6. The molecule has 0 unspecified atom stereocenters. The van der Waals surface area contributed by atoms with E-state index in [1.54, 1.807) is 0 Å². The largest absolute Gasteiger partial charge is 0.417 e. The van der Waals surface area contributed by atoms with Gasteiger partial charge in [0.15, 0.2) is 5.58 Å². The van der Waals surface area contributed by atoms with Crippen LogP contribution in [0.15, 0.2) is 21.3 Å². The van der Waals surface area contributed by atoms with Gasteiger partial charge >= 0.3 is 5.76 Å². The SMILES string of the molecule is CCc1cc2[nH]c(=O)oc2cc1CC. The number of aromatic amines is 1. The third kappa shape index (κ3) is 1.35. The highest BCUT2D eigenvalue weighted by Gasteiger charge is 2.05. The van der Waals surface area contributed by atoms with E-state index in [2.05, 4.69) is 18.8 Å². The van der Waals surface area contributed by atoms with Gasteiger partial charge < -0.3 is 4.42 Å². The zero-order valence-corrected chi connectivity index (χ0v) is 8.39. The highest BCUT2D eigenvalue weighted by atomic mass is 16.4. The lowest BCUT2D eigenvalue weighted by Crippen LogP contribution is -1.93. The van der Waals surface area contributed by atoms with Crippen molar-refractivity contribution >= 4 is 11.1 Å². The van der Waals surface area contributed by atoms with E-state index in [0.29, 0.717) is 5.58 Å². The van der Waals surface area contributed by atoms with Crippen LogP contribution in [0.1, 0.15) is 25.0 Å². The lowest BCUT2D eigenvalue weighted by atomic mass is 10.0. The first-order valence-corrected chi connectivity index (χ1v) is 4.89. The van der Waals surface area contributed by atoms with Crippen molar-refractivity contribution in [3.63, 3.8) is 0 Å². The molecule has 0 amide bonds. The van der Waals surface area contributed by atoms with Gasteiger partial charge in [0.25, 0.3) is 0 Å². The van der Waals surface area contributed by atoms with Gasteiger partial charge in [0.05, 0.1) is 5.52 Å². The predicted octanol–water partition coefficient (Wildman–Crippen LogP) is 2.25. The minimum Gasteiger partial charge on any atom is -0.408 e. The van der Waals surface area contributed by atoms with Gasteiger partial charge in [0.1, 0.15) is 0 Å². The Balaban J connectivity index is 2.74. The molecule has 0 spiro atoms. The lowest BCUT2D eigenvalue weighted by Gasteiger charge is -2.03. The van der Waals surface area contributed by atoms with Crippen molar-refractivity contribution in [3.8, 4) is 0 Å². The van der Waals surface area contributed by atoms with Crippen LogP contribution in [0.3, 0.4) is 0 Å². The Bertz CT molecular complexity index is 463. The minimum absolute atomic E-state index is 0.379. The van der Waals surface area contributed by atoms with Crippen molar-refractivity contribution in [2.75, 3.05) is 0 Å². The van der Waals surface area contributed by atoms with E-state index in [4.69, 9.17) is 4.42 Å². The van der Waals surface area contributed by atoms with Gasteiger partial charge in [-0.2, -0.15) is 0 Å². The summed E-state index contributed by atoms with van der Waals surface area (Å²) in [6, 6.07) is 3.95. The van der Waals surface area contributed by atoms with E-state index in [1.165, 1.54) is 11.1 Å². The fourth-order valence-electron chi connectivity index (χ4n) is 1.74. The first kappa shape index (κ1) is 9.06. The van der Waals surface area contributed by atoms with Crippen LogP contribution >= 0.6 is 0 Å². The summed E-state index contributed by atoms with van der Waals surface area (Å²) < 4.78 is 5.00. The number of rotatable bonds is 2. The molecular weight excluding hydrogens is 178 g/mol. The second-order valence-electron chi connectivity index (χ2n) is 3.34. The maximum absolute atomic E-state index is 11.0. The Morgan fingerprint density at radius 1 is 1.21 bits per heavy atom.